The second-order valence-corrected chi connectivity index (χ2v) is 8.03. The van der Waals surface area contributed by atoms with Crippen molar-refractivity contribution >= 4 is 40.9 Å². The van der Waals surface area contributed by atoms with Crippen molar-refractivity contribution in [1.29, 1.82) is 5.26 Å². The maximum absolute atomic E-state index is 13.3. The molecule has 3 atom stereocenters. The highest BCUT2D eigenvalue weighted by molar-refractivity contribution is 6.45. The molecule has 3 unspecified atom stereocenters. The van der Waals surface area contributed by atoms with E-state index in [2.05, 4.69) is 5.32 Å². The molecular formula is C27H19N3O7. The summed E-state index contributed by atoms with van der Waals surface area (Å²) < 4.78 is 5.36. The van der Waals surface area contributed by atoms with Crippen LogP contribution in [0.4, 0.5) is 11.4 Å². The molecule has 4 rings (SSSR count). The number of anilines is 1. The van der Waals surface area contributed by atoms with Gasteiger partial charge in [0.15, 0.2) is 11.5 Å². The van der Waals surface area contributed by atoms with Crippen molar-refractivity contribution in [2.24, 2.45) is 5.92 Å². The molecule has 10 nitrogen and oxygen atoms in total. The van der Waals surface area contributed by atoms with Gasteiger partial charge in [-0.05, 0) is 23.8 Å². The van der Waals surface area contributed by atoms with E-state index in [4.69, 9.17) is 9.94 Å². The second-order valence-electron chi connectivity index (χ2n) is 8.03. The van der Waals surface area contributed by atoms with Crippen LogP contribution in [0.5, 0.6) is 0 Å². The first-order valence-corrected chi connectivity index (χ1v) is 11.0. The lowest BCUT2D eigenvalue weighted by Gasteiger charge is -2.20. The number of Topliss-reactive ketones (excluding diaryl/α,β-unsaturated/α-hetero) is 1. The number of hydrogen-bond donors (Lipinski definition) is 3. The highest BCUT2D eigenvalue weighted by Gasteiger charge is 2.45. The largest absolute Gasteiger partial charge is 0.595 e. The van der Waals surface area contributed by atoms with Gasteiger partial charge in [-0.2, -0.15) is 10.5 Å². The Bertz CT molecular complexity index is 1460. The van der Waals surface area contributed by atoms with Gasteiger partial charge in [-0.1, -0.05) is 54.6 Å². The summed E-state index contributed by atoms with van der Waals surface area (Å²) in [4.78, 5) is 52.0. The monoisotopic (exact) mass is 497 g/mol. The Hall–Kier alpha value is -4.95. The summed E-state index contributed by atoms with van der Waals surface area (Å²) in [6.07, 6.45) is 1.28. The van der Waals surface area contributed by atoms with E-state index in [0.29, 0.717) is 11.1 Å². The van der Waals surface area contributed by atoms with Crippen LogP contribution >= 0.6 is 0 Å². The number of allylic oxidation sites excluding steroid dienone is 1. The minimum atomic E-state index is -1.70. The summed E-state index contributed by atoms with van der Waals surface area (Å²) in [6.45, 7) is 0. The van der Waals surface area contributed by atoms with Crippen molar-refractivity contribution in [2.75, 3.05) is 5.32 Å². The van der Waals surface area contributed by atoms with Crippen LogP contribution < -0.4 is 10.5 Å². The molecule has 0 aromatic heterocycles. The SMILES string of the molecule is N#Cc1cc([NH+]([O-])O)ccc1NC(=O)C(=O)C(C(=O)/C=C/c1ccccc1)C1OC(=O)c2ccccc21. The molecular weight excluding hydrogens is 478 g/mol. The predicted octanol–water partition coefficient (Wildman–Crippen LogP) is 2.28. The third kappa shape index (κ3) is 5.34. The van der Waals surface area contributed by atoms with E-state index >= 15 is 0 Å². The molecule has 10 heteroatoms. The summed E-state index contributed by atoms with van der Waals surface area (Å²) in [5.74, 6) is -5.61. The van der Waals surface area contributed by atoms with E-state index in [9.17, 15) is 29.6 Å². The number of ketones is 2. The number of amides is 1. The average molecular weight is 497 g/mol. The fourth-order valence-corrected chi connectivity index (χ4v) is 3.89. The van der Waals surface area contributed by atoms with E-state index in [0.717, 1.165) is 18.2 Å². The zero-order valence-corrected chi connectivity index (χ0v) is 19.1. The molecule has 0 aliphatic carbocycles. The number of fused-ring (bicyclic) bond motifs is 1. The van der Waals surface area contributed by atoms with Crippen molar-refractivity contribution in [2.45, 2.75) is 6.10 Å². The van der Waals surface area contributed by atoms with E-state index in [1.165, 1.54) is 24.3 Å². The summed E-state index contributed by atoms with van der Waals surface area (Å²) >= 11 is 0. The molecule has 3 aromatic carbocycles. The van der Waals surface area contributed by atoms with Crippen LogP contribution in [0.3, 0.4) is 0 Å². The Kier molecular flexibility index (Phi) is 7.31. The molecule has 0 saturated heterocycles. The molecule has 0 spiro atoms. The van der Waals surface area contributed by atoms with Crippen LogP contribution in [0.25, 0.3) is 6.08 Å². The first kappa shape index (κ1) is 25.2. The summed E-state index contributed by atoms with van der Waals surface area (Å²) in [7, 11) is 0. The highest BCUT2D eigenvalue weighted by Crippen LogP contribution is 2.37. The molecule has 184 valence electrons. The van der Waals surface area contributed by atoms with Gasteiger partial charge in [0.1, 0.15) is 18.1 Å². The minimum absolute atomic E-state index is 0.110. The standard InChI is InChI=1S/C27H19N3O7/c28-15-17-14-18(30(35)36)11-12-21(17)29-26(33)24(32)23(22(31)13-10-16-6-2-1-3-7-16)25-19-8-4-5-9-20(19)27(34)37-25/h1-14,23,25,30,35H,(H,29,33)/b13-10+. The summed E-state index contributed by atoms with van der Waals surface area (Å²) in [5.41, 5.74) is 0.665. The van der Waals surface area contributed by atoms with Crippen molar-refractivity contribution in [1.82, 2.24) is 0 Å². The third-order valence-corrected chi connectivity index (χ3v) is 5.71. The number of rotatable bonds is 8. The van der Waals surface area contributed by atoms with Crippen LogP contribution in [0.2, 0.25) is 0 Å². The lowest BCUT2D eigenvalue weighted by Crippen LogP contribution is -2.99. The van der Waals surface area contributed by atoms with Crippen molar-refractivity contribution in [3.05, 3.63) is 106 Å². The fourth-order valence-electron chi connectivity index (χ4n) is 3.89. The number of nitrogens with zero attached hydrogens (tertiary/aromatic N) is 1. The van der Waals surface area contributed by atoms with Gasteiger partial charge in [0.2, 0.25) is 5.78 Å². The smallest absolute Gasteiger partial charge is 0.339 e. The van der Waals surface area contributed by atoms with Crippen molar-refractivity contribution in [3.8, 4) is 6.07 Å². The zero-order chi connectivity index (χ0) is 26.5. The molecule has 3 N–H and O–H groups in total. The molecule has 1 aliphatic rings. The lowest BCUT2D eigenvalue weighted by molar-refractivity contribution is -0.991. The van der Waals surface area contributed by atoms with E-state index < -0.39 is 40.7 Å². The molecule has 37 heavy (non-hydrogen) atoms. The number of benzene rings is 3. The Morgan fingerprint density at radius 1 is 1.08 bits per heavy atom. The van der Waals surface area contributed by atoms with Gasteiger partial charge in [0, 0.05) is 17.7 Å². The topological polar surface area (TPSA) is 161 Å². The van der Waals surface area contributed by atoms with Gasteiger partial charge in [-0.15, -0.1) is 0 Å². The van der Waals surface area contributed by atoms with Gasteiger partial charge < -0.3 is 15.3 Å². The minimum Gasteiger partial charge on any atom is -0.595 e. The number of esters is 1. The normalized spacial score (nSPS) is 15.8. The molecule has 1 aliphatic heterocycles. The average Bonchev–Trinajstić information content (AvgIpc) is 3.24. The molecule has 1 heterocycles. The number of nitrogens with one attached hydrogen (secondary N) is 2. The second kappa shape index (κ2) is 10.8. The Morgan fingerprint density at radius 3 is 2.49 bits per heavy atom. The summed E-state index contributed by atoms with van der Waals surface area (Å²) in [6, 6.07) is 20.2. The molecule has 0 bridgehead atoms. The number of carbonyl (C=O) groups is 4. The van der Waals surface area contributed by atoms with Gasteiger partial charge in [0.25, 0.3) is 5.91 Å². The van der Waals surface area contributed by atoms with Crippen LogP contribution in [0, 0.1) is 22.5 Å². The first-order valence-electron chi connectivity index (χ1n) is 11.0. The maximum atomic E-state index is 13.3. The maximum Gasteiger partial charge on any atom is 0.339 e. The molecule has 1 amide bonds. The Labute approximate surface area is 210 Å². The third-order valence-electron chi connectivity index (χ3n) is 5.71. The van der Waals surface area contributed by atoms with Crippen molar-refractivity contribution in [3.63, 3.8) is 0 Å². The molecule has 0 radical (unpaired) electrons. The van der Waals surface area contributed by atoms with Crippen LogP contribution in [-0.4, -0.2) is 28.7 Å². The number of quaternary nitrogens is 1. The number of nitriles is 1. The summed E-state index contributed by atoms with van der Waals surface area (Å²) in [5, 5.41) is 30.7. The Morgan fingerprint density at radius 2 is 1.78 bits per heavy atom. The highest BCUT2D eigenvalue weighted by atomic mass is 16.8. The number of hydrogen-bond acceptors (Lipinski definition) is 8. The lowest BCUT2D eigenvalue weighted by atomic mass is 9.86. The zero-order valence-electron chi connectivity index (χ0n) is 19.1. The molecule has 0 saturated carbocycles. The van der Waals surface area contributed by atoms with Gasteiger partial charge >= 0.3 is 5.97 Å². The van der Waals surface area contributed by atoms with Gasteiger partial charge in [0.05, 0.1) is 16.8 Å². The number of ether oxygens (including phenoxy) is 1. The van der Waals surface area contributed by atoms with Gasteiger partial charge in [-0.3, -0.25) is 14.4 Å². The van der Waals surface area contributed by atoms with E-state index in [-0.39, 0.29) is 22.5 Å². The van der Waals surface area contributed by atoms with Crippen LogP contribution in [0.1, 0.15) is 33.2 Å². The predicted molar refractivity (Wildman–Crippen MR) is 129 cm³/mol. The van der Waals surface area contributed by atoms with E-state index in [1.54, 1.807) is 48.5 Å². The van der Waals surface area contributed by atoms with Crippen LogP contribution in [0.15, 0.2) is 78.9 Å². The van der Waals surface area contributed by atoms with E-state index in [1.807, 2.05) is 0 Å². The molecule has 3 aromatic rings. The number of cyclic esters (lactones) is 1. The molecule has 0 fully saturated rings. The van der Waals surface area contributed by atoms with Crippen LogP contribution in [-0.2, 0) is 19.1 Å². The fraction of sp³-hybridized carbons (Fsp3) is 0.0741. The number of carbonyl (C=O) groups excluding carboxylic acids is 4. The quantitative estimate of drug-likeness (QED) is 0.140. The Balaban J connectivity index is 1.66. The van der Waals surface area contributed by atoms with Crippen molar-refractivity contribution < 1.29 is 34.3 Å². The van der Waals surface area contributed by atoms with Gasteiger partial charge in [-0.25, -0.2) is 10.0 Å². The first-order chi connectivity index (χ1) is 17.8.